The van der Waals surface area contributed by atoms with E-state index in [1.54, 1.807) is 12.4 Å². The van der Waals surface area contributed by atoms with Crippen molar-refractivity contribution >= 4 is 23.5 Å². The number of benzene rings is 1. The number of aromatic nitrogens is 2. The Morgan fingerprint density at radius 1 is 1.14 bits per heavy atom. The maximum Gasteiger partial charge on any atom is 0.362 e. The Morgan fingerprint density at radius 3 is 2.38 bits per heavy atom. The second kappa shape index (κ2) is 10.2. The van der Waals surface area contributed by atoms with Gasteiger partial charge in [-0.2, -0.15) is 0 Å². The molecule has 1 aromatic carbocycles. The highest BCUT2D eigenvalue weighted by Crippen LogP contribution is 2.48. The molecule has 0 radical (unpaired) electrons. The van der Waals surface area contributed by atoms with Gasteiger partial charge in [0.25, 0.3) is 5.69 Å². The molecule has 37 heavy (non-hydrogen) atoms. The van der Waals surface area contributed by atoms with Crippen LogP contribution in [0.4, 0.5) is 5.69 Å². The number of likely N-dealkylation sites (N-methyl/N-ethyl adjacent to an activating group) is 1. The summed E-state index contributed by atoms with van der Waals surface area (Å²) in [4.78, 5) is 61.4. The number of hydrogen-bond acceptors (Lipinski definition) is 9. The van der Waals surface area contributed by atoms with Gasteiger partial charge in [0.2, 0.25) is 5.91 Å². The molecular weight excluding hydrogens is 478 g/mol. The van der Waals surface area contributed by atoms with Crippen LogP contribution in [0.3, 0.4) is 0 Å². The minimum absolute atomic E-state index is 0.00579. The van der Waals surface area contributed by atoms with Crippen LogP contribution < -0.4 is 0 Å². The molecule has 11 heteroatoms. The number of nitro groups is 1. The van der Waals surface area contributed by atoms with Crippen molar-refractivity contribution < 1.29 is 24.0 Å². The summed E-state index contributed by atoms with van der Waals surface area (Å²) in [5, 5.41) is 10.9. The van der Waals surface area contributed by atoms with Crippen molar-refractivity contribution in [2.24, 2.45) is 17.8 Å². The van der Waals surface area contributed by atoms with Gasteiger partial charge in [-0.3, -0.25) is 29.8 Å². The molecule has 194 valence electrons. The second-order valence-corrected chi connectivity index (χ2v) is 9.93. The SMILES string of the molecule is Cc1cnc(CN(C)CC2=C(C(=O)OC(=O)c3ccc([N+](=O)[O-])cc3)N3C(=O)[C@H](C(C)C)[C@H]3[C@H]2C)cn1. The van der Waals surface area contributed by atoms with Crippen molar-refractivity contribution in [2.75, 3.05) is 13.6 Å². The third-order valence-corrected chi connectivity index (χ3v) is 6.91. The average Bonchev–Trinajstić information content (AvgIpc) is 3.08. The normalized spacial score (nSPS) is 20.8. The lowest BCUT2D eigenvalue weighted by Crippen LogP contribution is -2.62. The summed E-state index contributed by atoms with van der Waals surface area (Å²) in [6, 6.07) is 4.59. The molecule has 0 aliphatic carbocycles. The lowest BCUT2D eigenvalue weighted by molar-refractivity contribution is -0.384. The number of ether oxygens (including phenoxy) is 1. The van der Waals surface area contributed by atoms with E-state index in [2.05, 4.69) is 9.97 Å². The monoisotopic (exact) mass is 507 g/mol. The van der Waals surface area contributed by atoms with E-state index in [4.69, 9.17) is 4.74 Å². The summed E-state index contributed by atoms with van der Waals surface area (Å²) in [5.41, 5.74) is 2.18. The molecule has 4 rings (SSSR count). The molecule has 2 aliphatic rings. The predicted molar refractivity (Wildman–Crippen MR) is 132 cm³/mol. The van der Waals surface area contributed by atoms with E-state index in [9.17, 15) is 24.5 Å². The Kier molecular flexibility index (Phi) is 7.17. The molecule has 0 spiro atoms. The summed E-state index contributed by atoms with van der Waals surface area (Å²) in [6.07, 6.45) is 3.38. The molecule has 11 nitrogen and oxygen atoms in total. The fourth-order valence-electron chi connectivity index (χ4n) is 5.07. The third-order valence-electron chi connectivity index (χ3n) is 6.91. The van der Waals surface area contributed by atoms with Crippen LogP contribution in [0.1, 0.15) is 42.5 Å². The van der Waals surface area contributed by atoms with E-state index < -0.39 is 16.9 Å². The number of aryl methyl sites for hydroxylation is 1. The van der Waals surface area contributed by atoms with Gasteiger partial charge in [-0.15, -0.1) is 0 Å². The van der Waals surface area contributed by atoms with Crippen LogP contribution in [0.2, 0.25) is 0 Å². The maximum absolute atomic E-state index is 13.3. The van der Waals surface area contributed by atoms with Crippen LogP contribution in [0.15, 0.2) is 47.9 Å². The van der Waals surface area contributed by atoms with Crippen LogP contribution in [0.5, 0.6) is 0 Å². The van der Waals surface area contributed by atoms with Crippen LogP contribution in [0, 0.1) is 34.8 Å². The molecule has 1 amide bonds. The lowest BCUT2D eigenvalue weighted by Gasteiger charge is -2.47. The van der Waals surface area contributed by atoms with E-state index in [1.807, 2.05) is 39.6 Å². The number of esters is 2. The highest BCUT2D eigenvalue weighted by atomic mass is 16.6. The number of β-lactam (4-membered cyclic amide) rings is 1. The molecule has 3 atom stereocenters. The van der Waals surface area contributed by atoms with E-state index in [1.165, 1.54) is 17.0 Å². The molecule has 2 aliphatic heterocycles. The third kappa shape index (κ3) is 4.99. The highest BCUT2D eigenvalue weighted by molar-refractivity contribution is 6.06. The van der Waals surface area contributed by atoms with Crippen molar-refractivity contribution in [1.82, 2.24) is 19.8 Å². The van der Waals surface area contributed by atoms with Crippen LogP contribution in [-0.2, 0) is 20.9 Å². The first-order chi connectivity index (χ1) is 17.5. The van der Waals surface area contributed by atoms with Crippen LogP contribution in [-0.4, -0.2) is 62.2 Å². The van der Waals surface area contributed by atoms with Crippen molar-refractivity contribution in [1.29, 1.82) is 0 Å². The summed E-state index contributed by atoms with van der Waals surface area (Å²) in [6.45, 7) is 8.62. The zero-order chi connectivity index (χ0) is 27.0. The van der Waals surface area contributed by atoms with Crippen molar-refractivity contribution in [3.8, 4) is 0 Å². The summed E-state index contributed by atoms with van der Waals surface area (Å²) in [5.74, 6) is -2.27. The van der Waals surface area contributed by atoms with Gasteiger partial charge >= 0.3 is 11.9 Å². The molecule has 0 saturated carbocycles. The number of fused-ring (bicyclic) bond motifs is 1. The standard InChI is InChI=1S/C26H29N5O6/c1-14(2)21-22-16(4)20(13-29(5)12-18-11-27-15(3)10-28-18)23(30(22)24(21)32)26(34)37-25(33)17-6-8-19(9-7-17)31(35)36/h6-11,14,16,21-22H,12-13H2,1-5H3/t16-,21+,22+/m0/s1. The molecule has 2 aromatic rings. The Labute approximate surface area is 214 Å². The second-order valence-electron chi connectivity index (χ2n) is 9.93. The van der Waals surface area contributed by atoms with Gasteiger partial charge in [-0.05, 0) is 37.6 Å². The van der Waals surface area contributed by atoms with E-state index in [0.29, 0.717) is 18.7 Å². The minimum Gasteiger partial charge on any atom is -0.385 e. The topological polar surface area (TPSA) is 136 Å². The van der Waals surface area contributed by atoms with E-state index >= 15 is 0 Å². The number of nitro benzene ring substituents is 1. The Hall–Kier alpha value is -3.99. The molecule has 1 saturated heterocycles. The number of nitrogens with zero attached hydrogens (tertiary/aromatic N) is 5. The van der Waals surface area contributed by atoms with Crippen molar-refractivity contribution in [3.63, 3.8) is 0 Å². The average molecular weight is 508 g/mol. The molecule has 3 heterocycles. The van der Waals surface area contributed by atoms with Gasteiger partial charge in [-0.1, -0.05) is 20.8 Å². The minimum atomic E-state index is -0.945. The number of amides is 1. The smallest absolute Gasteiger partial charge is 0.362 e. The Bertz CT molecular complexity index is 1270. The first-order valence-electron chi connectivity index (χ1n) is 12.0. The predicted octanol–water partition coefficient (Wildman–Crippen LogP) is 2.90. The first-order valence-corrected chi connectivity index (χ1v) is 12.0. The van der Waals surface area contributed by atoms with E-state index in [-0.39, 0.29) is 46.7 Å². The number of non-ortho nitro benzene ring substituents is 1. The number of rotatable bonds is 8. The summed E-state index contributed by atoms with van der Waals surface area (Å²) >= 11 is 0. The number of hydrogen-bond donors (Lipinski definition) is 0. The van der Waals surface area contributed by atoms with Crippen molar-refractivity contribution in [2.45, 2.75) is 40.3 Å². The zero-order valence-corrected chi connectivity index (χ0v) is 21.4. The zero-order valence-electron chi connectivity index (χ0n) is 21.4. The fourth-order valence-corrected chi connectivity index (χ4v) is 5.07. The molecular formula is C26H29N5O6. The quantitative estimate of drug-likeness (QED) is 0.174. The van der Waals surface area contributed by atoms with E-state index in [0.717, 1.165) is 23.5 Å². The highest BCUT2D eigenvalue weighted by Gasteiger charge is 2.59. The lowest BCUT2D eigenvalue weighted by atomic mass is 9.74. The van der Waals surface area contributed by atoms with Crippen LogP contribution in [0.25, 0.3) is 0 Å². The van der Waals surface area contributed by atoms with Gasteiger partial charge in [0, 0.05) is 43.5 Å². The molecule has 1 aromatic heterocycles. The van der Waals surface area contributed by atoms with Gasteiger partial charge in [0.1, 0.15) is 5.70 Å². The number of carbonyl (C=O) groups excluding carboxylic acids is 3. The summed E-state index contributed by atoms with van der Waals surface area (Å²) < 4.78 is 5.17. The van der Waals surface area contributed by atoms with Gasteiger partial charge < -0.3 is 9.64 Å². The number of carbonyl (C=O) groups is 3. The Balaban J connectivity index is 1.58. The Morgan fingerprint density at radius 2 is 1.81 bits per heavy atom. The van der Waals surface area contributed by atoms with Crippen molar-refractivity contribution in [3.05, 3.63) is 75.0 Å². The molecule has 0 bridgehead atoms. The first kappa shape index (κ1) is 26.1. The largest absolute Gasteiger partial charge is 0.385 e. The fraction of sp³-hybridized carbons (Fsp3) is 0.423. The maximum atomic E-state index is 13.3. The summed E-state index contributed by atoms with van der Waals surface area (Å²) in [7, 11) is 1.88. The molecule has 1 fully saturated rings. The van der Waals surface area contributed by atoms with Crippen LogP contribution >= 0.6 is 0 Å². The van der Waals surface area contributed by atoms with Gasteiger partial charge in [0.15, 0.2) is 0 Å². The van der Waals surface area contributed by atoms with Gasteiger partial charge in [0.05, 0.1) is 33.8 Å². The molecule has 0 unspecified atom stereocenters. The molecule has 0 N–H and O–H groups in total. The van der Waals surface area contributed by atoms with Gasteiger partial charge in [-0.25, -0.2) is 9.59 Å².